The second-order valence-electron chi connectivity index (χ2n) is 5.07. The molecule has 1 aromatic carbocycles. The van der Waals surface area contributed by atoms with E-state index in [1.54, 1.807) is 0 Å². The zero-order valence-electron chi connectivity index (χ0n) is 10.4. The summed E-state index contributed by atoms with van der Waals surface area (Å²) in [7, 11) is 1.81. The molecule has 1 aliphatic rings. The van der Waals surface area contributed by atoms with Crippen molar-refractivity contribution >= 4 is 11.0 Å². The number of fused-ring (bicyclic) bond motifs is 1. The number of nitrogens with zero attached hydrogens (tertiary/aromatic N) is 1. The van der Waals surface area contributed by atoms with Gasteiger partial charge in [0.15, 0.2) is 0 Å². The van der Waals surface area contributed by atoms with Crippen molar-refractivity contribution in [2.24, 2.45) is 0 Å². The molecule has 1 N–H and O–H groups in total. The van der Waals surface area contributed by atoms with Gasteiger partial charge >= 0.3 is 0 Å². The third kappa shape index (κ3) is 1.75. The van der Waals surface area contributed by atoms with Crippen LogP contribution in [0.4, 0.5) is 0 Å². The molecule has 1 heterocycles. The van der Waals surface area contributed by atoms with Crippen molar-refractivity contribution in [1.29, 1.82) is 0 Å². The Balaban J connectivity index is 1.93. The number of imidazole rings is 1. The van der Waals surface area contributed by atoms with Gasteiger partial charge in [0.1, 0.15) is 5.82 Å². The number of aromatic amines is 1. The monoisotopic (exact) mass is 230 g/mol. The predicted octanol–water partition coefficient (Wildman–Crippen LogP) is 2.98. The number of nitrogens with one attached hydrogen (secondary N) is 1. The van der Waals surface area contributed by atoms with Crippen LogP contribution in [0.5, 0.6) is 0 Å². The van der Waals surface area contributed by atoms with E-state index in [2.05, 4.69) is 30.1 Å². The fraction of sp³-hybridized carbons (Fsp3) is 0.500. The van der Waals surface area contributed by atoms with Crippen LogP contribution in [-0.4, -0.2) is 22.7 Å². The van der Waals surface area contributed by atoms with Crippen LogP contribution in [0, 0.1) is 6.92 Å². The molecule has 3 rings (SSSR count). The van der Waals surface area contributed by atoms with Gasteiger partial charge in [-0.2, -0.15) is 0 Å². The van der Waals surface area contributed by atoms with Crippen LogP contribution in [0.2, 0.25) is 0 Å². The SMILES string of the molecule is COC1(Cc2nc3c(C)cccc3[nH]2)CCC1. The highest BCUT2D eigenvalue weighted by Gasteiger charge is 2.37. The van der Waals surface area contributed by atoms with Crippen molar-refractivity contribution in [2.45, 2.75) is 38.2 Å². The molecule has 0 radical (unpaired) electrons. The summed E-state index contributed by atoms with van der Waals surface area (Å²) in [6.07, 6.45) is 4.48. The Labute approximate surface area is 101 Å². The first-order valence-electron chi connectivity index (χ1n) is 6.22. The first kappa shape index (κ1) is 10.8. The number of aromatic nitrogens is 2. The van der Waals surface area contributed by atoms with Gasteiger partial charge in [0.05, 0.1) is 16.6 Å². The molecule has 90 valence electrons. The van der Waals surface area contributed by atoms with E-state index >= 15 is 0 Å². The fourth-order valence-electron chi connectivity index (χ4n) is 2.64. The molecule has 0 unspecified atom stereocenters. The Morgan fingerprint density at radius 1 is 1.41 bits per heavy atom. The molecular weight excluding hydrogens is 212 g/mol. The summed E-state index contributed by atoms with van der Waals surface area (Å²) >= 11 is 0. The largest absolute Gasteiger partial charge is 0.378 e. The van der Waals surface area contributed by atoms with Gasteiger partial charge in [0.25, 0.3) is 0 Å². The van der Waals surface area contributed by atoms with E-state index in [1.807, 2.05) is 7.11 Å². The zero-order valence-corrected chi connectivity index (χ0v) is 10.4. The lowest BCUT2D eigenvalue weighted by Gasteiger charge is -2.39. The van der Waals surface area contributed by atoms with Crippen molar-refractivity contribution in [3.8, 4) is 0 Å². The average molecular weight is 230 g/mol. The topological polar surface area (TPSA) is 37.9 Å². The highest BCUT2D eigenvalue weighted by molar-refractivity contribution is 5.78. The molecule has 1 aromatic heterocycles. The highest BCUT2D eigenvalue weighted by Crippen LogP contribution is 2.37. The minimum atomic E-state index is 0.0434. The first-order chi connectivity index (χ1) is 8.22. The fourth-order valence-corrected chi connectivity index (χ4v) is 2.64. The molecule has 3 heteroatoms. The predicted molar refractivity (Wildman–Crippen MR) is 68.1 cm³/mol. The van der Waals surface area contributed by atoms with E-state index in [9.17, 15) is 0 Å². The summed E-state index contributed by atoms with van der Waals surface area (Å²) in [5.41, 5.74) is 3.49. The van der Waals surface area contributed by atoms with Crippen molar-refractivity contribution in [1.82, 2.24) is 9.97 Å². The number of methoxy groups -OCH3 is 1. The quantitative estimate of drug-likeness (QED) is 0.880. The Morgan fingerprint density at radius 2 is 2.24 bits per heavy atom. The third-order valence-electron chi connectivity index (χ3n) is 3.95. The molecule has 0 aliphatic heterocycles. The number of rotatable bonds is 3. The number of aryl methyl sites for hydroxylation is 1. The van der Waals surface area contributed by atoms with Crippen LogP contribution >= 0.6 is 0 Å². The Morgan fingerprint density at radius 3 is 2.82 bits per heavy atom. The summed E-state index contributed by atoms with van der Waals surface area (Å²) in [5, 5.41) is 0. The summed E-state index contributed by atoms with van der Waals surface area (Å²) in [6.45, 7) is 2.10. The average Bonchev–Trinajstić information content (AvgIpc) is 2.68. The minimum absolute atomic E-state index is 0.0434. The number of hydrogen-bond donors (Lipinski definition) is 1. The van der Waals surface area contributed by atoms with Crippen LogP contribution in [0.3, 0.4) is 0 Å². The number of ether oxygens (including phenoxy) is 1. The summed E-state index contributed by atoms with van der Waals surface area (Å²) in [5.74, 6) is 1.05. The van der Waals surface area contributed by atoms with Crippen molar-refractivity contribution in [2.75, 3.05) is 7.11 Å². The molecular formula is C14H18N2O. The van der Waals surface area contributed by atoms with Crippen molar-refractivity contribution in [3.63, 3.8) is 0 Å². The minimum Gasteiger partial charge on any atom is -0.378 e. The Kier molecular flexibility index (Phi) is 2.44. The van der Waals surface area contributed by atoms with Crippen LogP contribution in [-0.2, 0) is 11.2 Å². The molecule has 1 aliphatic carbocycles. The lowest BCUT2D eigenvalue weighted by Crippen LogP contribution is -2.41. The number of benzene rings is 1. The summed E-state index contributed by atoms with van der Waals surface area (Å²) in [6, 6.07) is 6.25. The number of hydrogen-bond acceptors (Lipinski definition) is 2. The van der Waals surface area contributed by atoms with Gasteiger partial charge in [0.2, 0.25) is 0 Å². The lowest BCUT2D eigenvalue weighted by atomic mass is 9.77. The Hall–Kier alpha value is -1.35. The van der Waals surface area contributed by atoms with Crippen LogP contribution in [0.1, 0.15) is 30.7 Å². The van der Waals surface area contributed by atoms with E-state index in [4.69, 9.17) is 9.72 Å². The maximum Gasteiger partial charge on any atom is 0.110 e. The first-order valence-corrected chi connectivity index (χ1v) is 6.22. The molecule has 2 aromatic rings. The van der Waals surface area contributed by atoms with E-state index in [0.717, 1.165) is 36.1 Å². The molecule has 0 amide bonds. The van der Waals surface area contributed by atoms with Gasteiger partial charge in [-0.3, -0.25) is 0 Å². The van der Waals surface area contributed by atoms with E-state index in [-0.39, 0.29) is 5.60 Å². The Bertz CT molecular complexity index is 535. The van der Waals surface area contributed by atoms with Crippen LogP contribution < -0.4 is 0 Å². The van der Waals surface area contributed by atoms with Crippen molar-refractivity contribution in [3.05, 3.63) is 29.6 Å². The molecule has 0 saturated heterocycles. The molecule has 0 spiro atoms. The maximum absolute atomic E-state index is 5.64. The highest BCUT2D eigenvalue weighted by atomic mass is 16.5. The van der Waals surface area contributed by atoms with Gasteiger partial charge in [-0.05, 0) is 37.8 Å². The molecule has 17 heavy (non-hydrogen) atoms. The van der Waals surface area contributed by atoms with Crippen LogP contribution in [0.15, 0.2) is 18.2 Å². The molecule has 0 bridgehead atoms. The summed E-state index contributed by atoms with van der Waals surface area (Å²) < 4.78 is 5.64. The molecule has 0 atom stereocenters. The van der Waals surface area contributed by atoms with E-state index in [0.29, 0.717) is 0 Å². The van der Waals surface area contributed by atoms with E-state index in [1.165, 1.54) is 12.0 Å². The van der Waals surface area contributed by atoms with Crippen LogP contribution in [0.25, 0.3) is 11.0 Å². The second kappa shape index (κ2) is 3.84. The standard InChI is InChI=1S/C14H18N2O/c1-10-5-3-6-11-13(10)16-12(15-11)9-14(17-2)7-4-8-14/h3,5-6H,4,7-9H2,1-2H3,(H,15,16). The molecule has 1 saturated carbocycles. The third-order valence-corrected chi connectivity index (χ3v) is 3.95. The van der Waals surface area contributed by atoms with Gasteiger partial charge in [-0.25, -0.2) is 4.98 Å². The molecule has 1 fully saturated rings. The smallest absolute Gasteiger partial charge is 0.110 e. The lowest BCUT2D eigenvalue weighted by molar-refractivity contribution is -0.0719. The maximum atomic E-state index is 5.64. The van der Waals surface area contributed by atoms with Gasteiger partial charge in [-0.15, -0.1) is 0 Å². The zero-order chi connectivity index (χ0) is 11.9. The molecule has 3 nitrogen and oxygen atoms in total. The normalized spacial score (nSPS) is 18.2. The van der Waals surface area contributed by atoms with Gasteiger partial charge in [0, 0.05) is 13.5 Å². The van der Waals surface area contributed by atoms with Gasteiger partial charge < -0.3 is 9.72 Å². The van der Waals surface area contributed by atoms with Gasteiger partial charge in [-0.1, -0.05) is 12.1 Å². The van der Waals surface area contributed by atoms with E-state index < -0.39 is 0 Å². The summed E-state index contributed by atoms with van der Waals surface area (Å²) in [4.78, 5) is 8.09. The number of para-hydroxylation sites is 1. The number of H-pyrrole nitrogens is 1. The second-order valence-corrected chi connectivity index (χ2v) is 5.07. The van der Waals surface area contributed by atoms with Crippen molar-refractivity contribution < 1.29 is 4.74 Å².